The first-order valence-corrected chi connectivity index (χ1v) is 7.91. The van der Waals surface area contributed by atoms with E-state index in [1.165, 1.54) is 12.8 Å². The molecule has 0 radical (unpaired) electrons. The molecule has 1 saturated carbocycles. The molecule has 1 N–H and O–H groups in total. The molecule has 1 atom stereocenters. The van der Waals surface area contributed by atoms with Crippen LogP contribution in [0.2, 0.25) is 0 Å². The number of hydrogen-bond donors (Lipinski definition) is 1. The second kappa shape index (κ2) is 6.52. The molecule has 1 aromatic rings. The van der Waals surface area contributed by atoms with Crippen LogP contribution >= 0.6 is 0 Å². The van der Waals surface area contributed by atoms with E-state index >= 15 is 0 Å². The van der Waals surface area contributed by atoms with Gasteiger partial charge in [0, 0.05) is 32.1 Å². The third kappa shape index (κ3) is 3.68. The number of nitrogens with zero attached hydrogens (tertiary/aromatic N) is 2. The summed E-state index contributed by atoms with van der Waals surface area (Å²) in [5.74, 6) is 0.514. The van der Waals surface area contributed by atoms with Crippen LogP contribution in [0.5, 0.6) is 0 Å². The summed E-state index contributed by atoms with van der Waals surface area (Å²) in [6.07, 6.45) is 4.42. The van der Waals surface area contributed by atoms with Gasteiger partial charge in [-0.25, -0.2) is 0 Å². The number of carbonyl (C=O) groups is 2. The maximum absolute atomic E-state index is 12.2. The van der Waals surface area contributed by atoms with Crippen LogP contribution in [0.15, 0.2) is 22.8 Å². The highest BCUT2D eigenvalue weighted by Gasteiger charge is 2.34. The summed E-state index contributed by atoms with van der Waals surface area (Å²) in [6.45, 7) is 2.44. The van der Waals surface area contributed by atoms with Crippen LogP contribution in [0.1, 0.15) is 25.0 Å². The number of furan rings is 1. The van der Waals surface area contributed by atoms with Crippen molar-refractivity contribution in [2.75, 3.05) is 26.7 Å². The van der Waals surface area contributed by atoms with E-state index in [1.54, 1.807) is 17.2 Å². The Kier molecular flexibility index (Phi) is 4.47. The number of hydrogen-bond acceptors (Lipinski definition) is 4. The Balaban J connectivity index is 1.42. The average Bonchev–Trinajstić information content (AvgIpc) is 3.12. The molecule has 1 aliphatic carbocycles. The summed E-state index contributed by atoms with van der Waals surface area (Å²) >= 11 is 0. The second-order valence-corrected chi connectivity index (χ2v) is 6.26. The molecule has 6 heteroatoms. The quantitative estimate of drug-likeness (QED) is 0.810. The van der Waals surface area contributed by atoms with Crippen molar-refractivity contribution >= 4 is 11.8 Å². The maximum atomic E-state index is 12.2. The highest BCUT2D eigenvalue weighted by molar-refractivity contribution is 5.89. The molecular formula is C16H23N3O3. The minimum atomic E-state index is -0.242. The van der Waals surface area contributed by atoms with Gasteiger partial charge in [0.25, 0.3) is 0 Å². The van der Waals surface area contributed by atoms with Crippen molar-refractivity contribution in [3.05, 3.63) is 24.2 Å². The normalized spacial score (nSPS) is 21.6. The first-order valence-electron chi connectivity index (χ1n) is 7.91. The fourth-order valence-corrected chi connectivity index (χ4v) is 2.89. The third-order valence-electron chi connectivity index (χ3n) is 4.45. The molecule has 2 heterocycles. The van der Waals surface area contributed by atoms with Gasteiger partial charge in [0.2, 0.25) is 11.8 Å². The van der Waals surface area contributed by atoms with Crippen molar-refractivity contribution in [3.8, 4) is 0 Å². The molecule has 120 valence electrons. The van der Waals surface area contributed by atoms with E-state index in [1.807, 2.05) is 6.07 Å². The summed E-state index contributed by atoms with van der Waals surface area (Å²) in [5, 5.41) is 2.96. The van der Waals surface area contributed by atoms with Gasteiger partial charge < -0.3 is 19.5 Å². The molecule has 3 rings (SSSR count). The minimum absolute atomic E-state index is 0.0144. The van der Waals surface area contributed by atoms with Gasteiger partial charge >= 0.3 is 0 Å². The van der Waals surface area contributed by atoms with E-state index < -0.39 is 0 Å². The van der Waals surface area contributed by atoms with E-state index in [4.69, 9.17) is 4.42 Å². The number of likely N-dealkylation sites (N-methyl/N-ethyl adjacent to an activating group) is 1. The molecule has 0 spiro atoms. The van der Waals surface area contributed by atoms with Crippen molar-refractivity contribution in [1.82, 2.24) is 15.1 Å². The smallest absolute Gasteiger partial charge is 0.225 e. The maximum Gasteiger partial charge on any atom is 0.225 e. The predicted molar refractivity (Wildman–Crippen MR) is 80.9 cm³/mol. The number of nitrogens with one attached hydrogen (secondary N) is 1. The Bertz CT molecular complexity index is 525. The summed E-state index contributed by atoms with van der Waals surface area (Å²) in [7, 11) is 2.09. The van der Waals surface area contributed by atoms with Gasteiger partial charge in [-0.2, -0.15) is 0 Å². The van der Waals surface area contributed by atoms with Gasteiger partial charge in [-0.3, -0.25) is 9.59 Å². The first-order chi connectivity index (χ1) is 10.6. The van der Waals surface area contributed by atoms with Gasteiger partial charge in [0.1, 0.15) is 5.76 Å². The molecule has 2 aliphatic rings. The molecule has 2 amide bonds. The molecular weight excluding hydrogens is 282 g/mol. The largest absolute Gasteiger partial charge is 0.467 e. The Morgan fingerprint density at radius 1 is 1.50 bits per heavy atom. The molecule has 0 aromatic carbocycles. The van der Waals surface area contributed by atoms with Crippen molar-refractivity contribution in [3.63, 3.8) is 0 Å². The van der Waals surface area contributed by atoms with Crippen LogP contribution in [-0.4, -0.2) is 54.3 Å². The summed E-state index contributed by atoms with van der Waals surface area (Å²) < 4.78 is 5.26. The van der Waals surface area contributed by atoms with Gasteiger partial charge in [-0.1, -0.05) is 0 Å². The van der Waals surface area contributed by atoms with Gasteiger partial charge in [0.05, 0.1) is 18.7 Å². The highest BCUT2D eigenvalue weighted by atomic mass is 16.3. The topological polar surface area (TPSA) is 65.8 Å². The molecule has 1 saturated heterocycles. The first kappa shape index (κ1) is 15.1. The monoisotopic (exact) mass is 305 g/mol. The fourth-order valence-electron chi connectivity index (χ4n) is 2.89. The Labute approximate surface area is 130 Å². The van der Waals surface area contributed by atoms with Gasteiger partial charge in [-0.15, -0.1) is 0 Å². The number of amides is 2. The lowest BCUT2D eigenvalue weighted by Gasteiger charge is -2.17. The third-order valence-corrected chi connectivity index (χ3v) is 4.45. The number of rotatable bonds is 7. The van der Waals surface area contributed by atoms with Crippen LogP contribution in [0.25, 0.3) is 0 Å². The number of likely N-dealkylation sites (tertiary alicyclic amines) is 1. The van der Waals surface area contributed by atoms with Crippen LogP contribution in [0.4, 0.5) is 0 Å². The van der Waals surface area contributed by atoms with Crippen molar-refractivity contribution in [2.24, 2.45) is 5.92 Å². The lowest BCUT2D eigenvalue weighted by Crippen LogP contribution is -2.38. The zero-order valence-electron chi connectivity index (χ0n) is 13.0. The molecule has 0 bridgehead atoms. The second-order valence-electron chi connectivity index (χ2n) is 6.26. The fraction of sp³-hybridized carbons (Fsp3) is 0.625. The van der Waals surface area contributed by atoms with E-state index in [0.717, 1.165) is 12.3 Å². The van der Waals surface area contributed by atoms with Crippen LogP contribution in [0, 0.1) is 5.92 Å². The van der Waals surface area contributed by atoms with Crippen molar-refractivity contribution < 1.29 is 14.0 Å². The molecule has 1 aliphatic heterocycles. The van der Waals surface area contributed by atoms with Gasteiger partial charge in [0.15, 0.2) is 0 Å². The van der Waals surface area contributed by atoms with E-state index in [9.17, 15) is 9.59 Å². The summed E-state index contributed by atoms with van der Waals surface area (Å²) in [5.41, 5.74) is 0. The molecule has 6 nitrogen and oxygen atoms in total. The Hall–Kier alpha value is -1.82. The van der Waals surface area contributed by atoms with Crippen LogP contribution in [-0.2, 0) is 16.1 Å². The summed E-state index contributed by atoms with van der Waals surface area (Å²) in [4.78, 5) is 28.1. The van der Waals surface area contributed by atoms with E-state index in [0.29, 0.717) is 32.1 Å². The van der Waals surface area contributed by atoms with Gasteiger partial charge in [-0.05, 0) is 32.0 Å². The van der Waals surface area contributed by atoms with Crippen molar-refractivity contribution in [2.45, 2.75) is 31.8 Å². The van der Waals surface area contributed by atoms with E-state index in [-0.39, 0.29) is 17.7 Å². The molecule has 2 fully saturated rings. The zero-order chi connectivity index (χ0) is 15.5. The lowest BCUT2D eigenvalue weighted by atomic mass is 10.1. The summed E-state index contributed by atoms with van der Waals surface area (Å²) in [6, 6.07) is 4.35. The minimum Gasteiger partial charge on any atom is -0.467 e. The predicted octanol–water partition coefficient (Wildman–Crippen LogP) is 0.839. The average molecular weight is 305 g/mol. The lowest BCUT2D eigenvalue weighted by molar-refractivity contribution is -0.129. The molecule has 1 unspecified atom stereocenters. The Morgan fingerprint density at radius 2 is 2.32 bits per heavy atom. The zero-order valence-corrected chi connectivity index (χ0v) is 13.0. The molecule has 1 aromatic heterocycles. The van der Waals surface area contributed by atoms with Crippen LogP contribution < -0.4 is 5.32 Å². The standard InChI is InChI=1S/C16H23N3O3/c1-18(13-4-5-13)7-6-17-16(21)12-9-15(20)19(10-12)11-14-3-2-8-22-14/h2-3,8,12-13H,4-7,9-11H2,1H3,(H,17,21). The highest BCUT2D eigenvalue weighted by Crippen LogP contribution is 2.24. The Morgan fingerprint density at radius 3 is 3.00 bits per heavy atom. The molecule has 22 heavy (non-hydrogen) atoms. The van der Waals surface area contributed by atoms with Crippen molar-refractivity contribution in [1.29, 1.82) is 0 Å². The van der Waals surface area contributed by atoms with Crippen LogP contribution in [0.3, 0.4) is 0 Å². The number of carbonyl (C=O) groups excluding carboxylic acids is 2. The van der Waals surface area contributed by atoms with E-state index in [2.05, 4.69) is 17.3 Å². The SMILES string of the molecule is CN(CCNC(=O)C1CC(=O)N(Cc2ccco2)C1)C1CC1.